The smallest absolute Gasteiger partial charge is 0.258 e. The molecule has 1 aromatic heterocycles. The van der Waals surface area contributed by atoms with Crippen LogP contribution in [0.5, 0.6) is 0 Å². The van der Waals surface area contributed by atoms with E-state index in [0.717, 1.165) is 0 Å². The lowest BCUT2D eigenvalue weighted by Gasteiger charge is -2.19. The highest BCUT2D eigenvalue weighted by Crippen LogP contribution is 2.24. The molecule has 6 nitrogen and oxygen atoms in total. The van der Waals surface area contributed by atoms with Crippen LogP contribution in [0.25, 0.3) is 0 Å². The molecule has 0 saturated heterocycles. The summed E-state index contributed by atoms with van der Waals surface area (Å²) in [5.74, 6) is -0.279. The quantitative estimate of drug-likeness (QED) is 0.800. The fraction of sp³-hybridized carbons (Fsp3) is 0.250. The SMILES string of the molecule is CCN(CC)S(=O)(=O)c1ccc(Cl)c(C(=O)Nc2ccc(Cl)cn2)c1. The van der Waals surface area contributed by atoms with E-state index in [-0.39, 0.29) is 21.3 Å². The molecule has 25 heavy (non-hydrogen) atoms. The molecule has 0 bridgehead atoms. The first kappa shape index (κ1) is 19.7. The largest absolute Gasteiger partial charge is 0.307 e. The van der Waals surface area contributed by atoms with Crippen molar-refractivity contribution >= 4 is 45.0 Å². The molecular weight excluding hydrogens is 385 g/mol. The Hall–Kier alpha value is -1.67. The van der Waals surface area contributed by atoms with Gasteiger partial charge in [0.15, 0.2) is 0 Å². The van der Waals surface area contributed by atoms with E-state index in [1.54, 1.807) is 19.9 Å². The van der Waals surface area contributed by atoms with Crippen LogP contribution < -0.4 is 5.32 Å². The second kappa shape index (κ2) is 8.14. The Morgan fingerprint density at radius 1 is 1.16 bits per heavy atom. The number of rotatable bonds is 6. The highest BCUT2D eigenvalue weighted by Gasteiger charge is 2.24. The number of hydrogen-bond acceptors (Lipinski definition) is 4. The van der Waals surface area contributed by atoms with E-state index in [0.29, 0.717) is 18.1 Å². The number of nitrogens with zero attached hydrogens (tertiary/aromatic N) is 2. The molecule has 9 heteroatoms. The lowest BCUT2D eigenvalue weighted by Crippen LogP contribution is -2.30. The van der Waals surface area contributed by atoms with E-state index in [1.807, 2.05) is 0 Å². The first-order valence-corrected chi connectivity index (χ1v) is 9.71. The summed E-state index contributed by atoms with van der Waals surface area (Å²) >= 11 is 11.8. The summed E-state index contributed by atoms with van der Waals surface area (Å²) in [6.07, 6.45) is 1.39. The van der Waals surface area contributed by atoms with Crippen LogP contribution >= 0.6 is 23.2 Å². The van der Waals surface area contributed by atoms with Crippen LogP contribution in [0.3, 0.4) is 0 Å². The molecule has 0 atom stereocenters. The maximum Gasteiger partial charge on any atom is 0.258 e. The summed E-state index contributed by atoms with van der Waals surface area (Å²) in [5, 5.41) is 3.14. The summed E-state index contributed by atoms with van der Waals surface area (Å²) in [7, 11) is -3.69. The topological polar surface area (TPSA) is 79.4 Å². The van der Waals surface area contributed by atoms with Gasteiger partial charge in [-0.15, -0.1) is 0 Å². The molecule has 1 aromatic carbocycles. The number of carbonyl (C=O) groups excluding carboxylic acids is 1. The van der Waals surface area contributed by atoms with Crippen LogP contribution in [0.4, 0.5) is 5.82 Å². The Bertz CT molecular complexity index is 867. The summed E-state index contributed by atoms with van der Waals surface area (Å²) in [5.41, 5.74) is 0.0478. The fourth-order valence-corrected chi connectivity index (χ4v) is 3.98. The van der Waals surface area contributed by atoms with Crippen LogP contribution in [-0.2, 0) is 10.0 Å². The molecule has 2 aromatic rings. The number of hydrogen-bond donors (Lipinski definition) is 1. The zero-order valence-corrected chi connectivity index (χ0v) is 16.0. The number of carbonyl (C=O) groups is 1. The summed E-state index contributed by atoms with van der Waals surface area (Å²) in [6, 6.07) is 7.15. The number of nitrogens with one attached hydrogen (secondary N) is 1. The lowest BCUT2D eigenvalue weighted by atomic mass is 10.2. The molecule has 1 amide bonds. The van der Waals surface area contributed by atoms with Gasteiger partial charge in [-0.05, 0) is 30.3 Å². The minimum Gasteiger partial charge on any atom is -0.307 e. The van der Waals surface area contributed by atoms with Crippen molar-refractivity contribution in [3.05, 3.63) is 52.1 Å². The summed E-state index contributed by atoms with van der Waals surface area (Å²) < 4.78 is 26.5. The zero-order valence-electron chi connectivity index (χ0n) is 13.7. The monoisotopic (exact) mass is 401 g/mol. The minimum absolute atomic E-state index is 0.00909. The molecule has 1 heterocycles. The van der Waals surface area contributed by atoms with Gasteiger partial charge in [0.25, 0.3) is 5.91 Å². The van der Waals surface area contributed by atoms with E-state index in [4.69, 9.17) is 23.2 Å². The van der Waals surface area contributed by atoms with Gasteiger partial charge in [0, 0.05) is 19.3 Å². The van der Waals surface area contributed by atoms with Crippen LogP contribution in [-0.4, -0.2) is 36.7 Å². The van der Waals surface area contributed by atoms with Gasteiger partial charge in [0.05, 0.1) is 20.5 Å². The molecule has 2 rings (SSSR count). The van der Waals surface area contributed by atoms with E-state index < -0.39 is 15.9 Å². The van der Waals surface area contributed by atoms with Gasteiger partial charge >= 0.3 is 0 Å². The lowest BCUT2D eigenvalue weighted by molar-refractivity contribution is 0.102. The molecular formula is C16H17Cl2N3O3S. The normalized spacial score (nSPS) is 11.6. The van der Waals surface area contributed by atoms with E-state index >= 15 is 0 Å². The van der Waals surface area contributed by atoms with E-state index in [9.17, 15) is 13.2 Å². The number of amides is 1. The first-order valence-electron chi connectivity index (χ1n) is 7.52. The number of benzene rings is 1. The molecule has 0 saturated carbocycles. The molecule has 0 aliphatic heterocycles. The van der Waals surface area contributed by atoms with Gasteiger partial charge < -0.3 is 5.32 Å². The van der Waals surface area contributed by atoms with Crippen LogP contribution in [0, 0.1) is 0 Å². The van der Waals surface area contributed by atoms with Crippen molar-refractivity contribution in [3.63, 3.8) is 0 Å². The molecule has 0 aliphatic carbocycles. The van der Waals surface area contributed by atoms with Crippen molar-refractivity contribution in [1.82, 2.24) is 9.29 Å². The number of halogens is 2. The maximum absolute atomic E-state index is 12.6. The Morgan fingerprint density at radius 2 is 1.84 bits per heavy atom. The standard InChI is InChI=1S/C16H17Cl2N3O3S/c1-3-21(4-2)25(23,24)12-6-7-14(18)13(9-12)16(22)20-15-8-5-11(17)10-19-15/h5-10H,3-4H2,1-2H3,(H,19,20,22). The second-order valence-electron chi connectivity index (χ2n) is 5.05. The average molecular weight is 402 g/mol. The van der Waals surface area contributed by atoms with Crippen molar-refractivity contribution in [2.45, 2.75) is 18.7 Å². The van der Waals surface area contributed by atoms with Crippen LogP contribution in [0.1, 0.15) is 24.2 Å². The maximum atomic E-state index is 12.6. The zero-order chi connectivity index (χ0) is 18.6. The van der Waals surface area contributed by atoms with Gasteiger partial charge in [-0.3, -0.25) is 4.79 Å². The molecule has 0 unspecified atom stereocenters. The Morgan fingerprint density at radius 3 is 2.40 bits per heavy atom. The number of anilines is 1. The van der Waals surface area contributed by atoms with Gasteiger partial charge in [0.2, 0.25) is 10.0 Å². The number of pyridine rings is 1. The fourth-order valence-electron chi connectivity index (χ4n) is 2.18. The van der Waals surface area contributed by atoms with E-state index in [1.165, 1.54) is 34.8 Å². The van der Waals surface area contributed by atoms with E-state index in [2.05, 4.69) is 10.3 Å². The predicted octanol–water partition coefficient (Wildman–Crippen LogP) is 3.67. The Balaban J connectivity index is 2.35. The highest BCUT2D eigenvalue weighted by molar-refractivity contribution is 7.89. The molecule has 1 N–H and O–H groups in total. The number of aromatic nitrogens is 1. The first-order chi connectivity index (χ1) is 11.8. The Labute approximate surface area is 156 Å². The molecule has 0 aliphatic rings. The molecule has 0 fully saturated rings. The van der Waals surface area contributed by atoms with Crippen molar-refractivity contribution in [2.75, 3.05) is 18.4 Å². The number of sulfonamides is 1. The van der Waals surface area contributed by atoms with Gasteiger partial charge in [-0.2, -0.15) is 4.31 Å². The highest BCUT2D eigenvalue weighted by atomic mass is 35.5. The van der Waals surface area contributed by atoms with Gasteiger partial charge in [-0.1, -0.05) is 37.0 Å². The van der Waals surface area contributed by atoms with Crippen molar-refractivity contribution in [2.24, 2.45) is 0 Å². The minimum atomic E-state index is -3.69. The second-order valence-corrected chi connectivity index (χ2v) is 7.83. The van der Waals surface area contributed by atoms with Crippen molar-refractivity contribution in [1.29, 1.82) is 0 Å². The molecule has 0 radical (unpaired) electrons. The van der Waals surface area contributed by atoms with Crippen LogP contribution in [0.2, 0.25) is 10.0 Å². The third-order valence-corrected chi connectivity index (χ3v) is 6.09. The third kappa shape index (κ3) is 4.49. The van der Waals surface area contributed by atoms with Crippen molar-refractivity contribution in [3.8, 4) is 0 Å². The predicted molar refractivity (Wildman–Crippen MR) is 98.8 cm³/mol. The molecule has 0 spiro atoms. The van der Waals surface area contributed by atoms with Crippen molar-refractivity contribution < 1.29 is 13.2 Å². The summed E-state index contributed by atoms with van der Waals surface area (Å²) in [6.45, 7) is 4.16. The average Bonchev–Trinajstić information content (AvgIpc) is 2.58. The summed E-state index contributed by atoms with van der Waals surface area (Å²) in [4.78, 5) is 16.4. The Kier molecular flexibility index (Phi) is 6.40. The third-order valence-electron chi connectivity index (χ3n) is 3.49. The van der Waals surface area contributed by atoms with Crippen LogP contribution in [0.15, 0.2) is 41.4 Å². The molecule has 134 valence electrons. The van der Waals surface area contributed by atoms with Gasteiger partial charge in [-0.25, -0.2) is 13.4 Å². The van der Waals surface area contributed by atoms with Gasteiger partial charge in [0.1, 0.15) is 5.82 Å².